The van der Waals surface area contributed by atoms with Crippen LogP contribution < -0.4 is 15.0 Å². The molecule has 7 nitrogen and oxygen atoms in total. The molecular formula is C29H36ClN3O4S. The Bertz CT molecular complexity index is 1240. The van der Waals surface area contributed by atoms with Crippen molar-refractivity contribution in [1.82, 2.24) is 10.2 Å². The number of carbonyl (C=O) groups excluding carboxylic acids is 2. The fraction of sp³-hybridized carbons (Fsp3) is 0.448. The maximum atomic E-state index is 12.2. The molecule has 2 aromatic carbocycles. The zero-order valence-corrected chi connectivity index (χ0v) is 23.5. The van der Waals surface area contributed by atoms with Crippen LogP contribution in [0.5, 0.6) is 5.75 Å². The van der Waals surface area contributed by atoms with E-state index in [4.69, 9.17) is 9.47 Å². The van der Waals surface area contributed by atoms with Crippen molar-refractivity contribution in [1.29, 1.82) is 0 Å². The molecule has 2 fully saturated rings. The van der Waals surface area contributed by atoms with Gasteiger partial charge in [0.25, 0.3) is 5.91 Å². The molecule has 0 bridgehead atoms. The van der Waals surface area contributed by atoms with Crippen molar-refractivity contribution in [3.05, 3.63) is 59.0 Å². The first-order valence-corrected chi connectivity index (χ1v) is 14.1. The highest BCUT2D eigenvalue weighted by Crippen LogP contribution is 2.34. The average Bonchev–Trinajstić information content (AvgIpc) is 3.62. The minimum absolute atomic E-state index is 0. The van der Waals surface area contributed by atoms with Crippen molar-refractivity contribution in [3.63, 3.8) is 0 Å². The SMILES string of the molecule is CCOC(=O)c1cc2c(N3CCN(CCCCOc4cccc(C(=O)NC5CC5)c4)CC3)cccc2s1.Cl. The van der Waals surface area contributed by atoms with Crippen molar-refractivity contribution >= 4 is 51.4 Å². The van der Waals surface area contributed by atoms with E-state index in [1.807, 2.05) is 37.3 Å². The summed E-state index contributed by atoms with van der Waals surface area (Å²) in [5, 5.41) is 4.16. The second-order valence-corrected chi connectivity index (χ2v) is 10.8. The first-order chi connectivity index (χ1) is 18.1. The minimum Gasteiger partial charge on any atom is -0.494 e. The zero-order chi connectivity index (χ0) is 25.6. The zero-order valence-electron chi connectivity index (χ0n) is 21.8. The van der Waals surface area contributed by atoms with Crippen LogP contribution in [0.25, 0.3) is 10.1 Å². The molecule has 0 radical (unpaired) electrons. The number of anilines is 1. The Hall–Kier alpha value is -2.81. The van der Waals surface area contributed by atoms with Gasteiger partial charge in [0.1, 0.15) is 10.6 Å². The molecule has 1 saturated carbocycles. The number of nitrogens with one attached hydrogen (secondary N) is 1. The number of piperazine rings is 1. The predicted octanol–water partition coefficient (Wildman–Crippen LogP) is 5.37. The lowest BCUT2D eigenvalue weighted by Crippen LogP contribution is -2.46. The number of carbonyl (C=O) groups is 2. The molecule has 2 heterocycles. The van der Waals surface area contributed by atoms with Crippen LogP contribution >= 0.6 is 23.7 Å². The number of fused-ring (bicyclic) bond motifs is 1. The molecule has 0 unspecified atom stereocenters. The fourth-order valence-corrected chi connectivity index (χ4v) is 5.66. The topological polar surface area (TPSA) is 71.1 Å². The summed E-state index contributed by atoms with van der Waals surface area (Å²) < 4.78 is 12.2. The van der Waals surface area contributed by atoms with Crippen LogP contribution in [-0.2, 0) is 4.74 Å². The number of hydrogen-bond donors (Lipinski definition) is 1. The van der Waals surface area contributed by atoms with E-state index in [9.17, 15) is 9.59 Å². The fourth-order valence-electron chi connectivity index (χ4n) is 4.69. The Morgan fingerprint density at radius 3 is 2.58 bits per heavy atom. The van der Waals surface area contributed by atoms with Crippen LogP contribution in [0.4, 0.5) is 5.69 Å². The Labute approximate surface area is 234 Å². The Balaban J connectivity index is 0.00000336. The number of halogens is 1. The molecule has 5 rings (SSSR count). The van der Waals surface area contributed by atoms with Gasteiger partial charge in [0.15, 0.2) is 0 Å². The number of nitrogens with zero attached hydrogens (tertiary/aromatic N) is 2. The second-order valence-electron chi connectivity index (χ2n) is 9.68. The molecule has 1 aliphatic heterocycles. The summed E-state index contributed by atoms with van der Waals surface area (Å²) in [5.74, 6) is 0.503. The van der Waals surface area contributed by atoms with Crippen LogP contribution in [0.3, 0.4) is 0 Å². The lowest BCUT2D eigenvalue weighted by Gasteiger charge is -2.36. The Morgan fingerprint density at radius 1 is 1.03 bits per heavy atom. The molecule has 2 aliphatic rings. The third kappa shape index (κ3) is 7.18. The van der Waals surface area contributed by atoms with Gasteiger partial charge in [-0.05, 0) is 75.5 Å². The molecule has 1 saturated heterocycles. The minimum atomic E-state index is -0.241. The summed E-state index contributed by atoms with van der Waals surface area (Å²) in [5.41, 5.74) is 1.86. The highest BCUT2D eigenvalue weighted by Gasteiger charge is 2.24. The van der Waals surface area contributed by atoms with E-state index in [1.165, 1.54) is 17.0 Å². The number of hydrogen-bond acceptors (Lipinski definition) is 7. The summed E-state index contributed by atoms with van der Waals surface area (Å²) in [4.78, 5) is 30.0. The lowest BCUT2D eigenvalue weighted by molar-refractivity contribution is 0.0532. The van der Waals surface area contributed by atoms with E-state index in [1.54, 1.807) is 0 Å². The van der Waals surface area contributed by atoms with E-state index >= 15 is 0 Å². The average molecular weight is 558 g/mol. The molecule has 1 aromatic heterocycles. The third-order valence-electron chi connectivity index (χ3n) is 6.87. The standard InChI is InChI=1S/C29H35N3O4S.ClH/c1-2-35-29(34)27-20-24-25(9-6-10-26(24)37-27)32-16-14-31(15-17-32)13-3-4-18-36-23-8-5-7-21(19-23)28(33)30-22-11-12-22;/h5-10,19-20,22H,2-4,11-18H2,1H3,(H,30,33);1H. The van der Waals surface area contributed by atoms with Gasteiger partial charge in [0.2, 0.25) is 0 Å². The van der Waals surface area contributed by atoms with Crippen LogP contribution in [0.1, 0.15) is 52.6 Å². The summed E-state index contributed by atoms with van der Waals surface area (Å²) in [6.07, 6.45) is 4.22. The van der Waals surface area contributed by atoms with Crippen molar-refractivity contribution in [2.24, 2.45) is 0 Å². The van der Waals surface area contributed by atoms with E-state index in [-0.39, 0.29) is 24.3 Å². The molecule has 1 N–H and O–H groups in total. The maximum absolute atomic E-state index is 12.2. The van der Waals surface area contributed by atoms with Gasteiger partial charge in [0.05, 0.1) is 13.2 Å². The van der Waals surface area contributed by atoms with Gasteiger partial charge >= 0.3 is 5.97 Å². The van der Waals surface area contributed by atoms with Crippen LogP contribution in [0.2, 0.25) is 0 Å². The number of esters is 1. The van der Waals surface area contributed by atoms with Crippen molar-refractivity contribution in [3.8, 4) is 5.75 Å². The normalized spacial score (nSPS) is 15.7. The van der Waals surface area contributed by atoms with Gasteiger partial charge in [-0.25, -0.2) is 4.79 Å². The summed E-state index contributed by atoms with van der Waals surface area (Å²) >= 11 is 1.50. The molecule has 0 spiro atoms. The number of amides is 1. The molecule has 3 aromatic rings. The van der Waals surface area contributed by atoms with Crippen molar-refractivity contribution < 1.29 is 19.1 Å². The van der Waals surface area contributed by atoms with Crippen LogP contribution in [0.15, 0.2) is 48.5 Å². The maximum Gasteiger partial charge on any atom is 0.348 e. The second kappa shape index (κ2) is 13.3. The number of ether oxygens (including phenoxy) is 2. The highest BCUT2D eigenvalue weighted by molar-refractivity contribution is 7.20. The first-order valence-electron chi connectivity index (χ1n) is 13.3. The number of unbranched alkanes of at least 4 members (excludes halogenated alkanes) is 1. The van der Waals surface area contributed by atoms with Gasteiger partial charge < -0.3 is 19.7 Å². The number of rotatable bonds is 11. The van der Waals surface area contributed by atoms with Crippen molar-refractivity contribution in [2.45, 2.75) is 38.6 Å². The molecule has 204 valence electrons. The summed E-state index contributed by atoms with van der Waals surface area (Å²) in [7, 11) is 0. The van der Waals surface area contributed by atoms with Gasteiger partial charge in [-0.3, -0.25) is 9.69 Å². The Kier molecular flexibility index (Phi) is 9.88. The quantitative estimate of drug-likeness (QED) is 0.252. The number of thiophene rings is 1. The number of benzene rings is 2. The van der Waals surface area contributed by atoms with Crippen LogP contribution in [-0.4, -0.2) is 68.8 Å². The highest BCUT2D eigenvalue weighted by atomic mass is 35.5. The van der Waals surface area contributed by atoms with Crippen molar-refractivity contribution in [2.75, 3.05) is 50.8 Å². The summed E-state index contributed by atoms with van der Waals surface area (Å²) in [6, 6.07) is 16.1. The van der Waals surface area contributed by atoms with Crippen LogP contribution in [0, 0.1) is 0 Å². The lowest BCUT2D eigenvalue weighted by atomic mass is 10.1. The molecule has 1 aliphatic carbocycles. The van der Waals surface area contributed by atoms with Gasteiger partial charge in [-0.1, -0.05) is 12.1 Å². The molecular weight excluding hydrogens is 522 g/mol. The molecule has 9 heteroatoms. The van der Waals surface area contributed by atoms with Gasteiger partial charge in [-0.2, -0.15) is 0 Å². The van der Waals surface area contributed by atoms with E-state index < -0.39 is 0 Å². The third-order valence-corrected chi connectivity index (χ3v) is 7.95. The van der Waals surface area contributed by atoms with E-state index in [0.717, 1.165) is 74.2 Å². The predicted molar refractivity (Wildman–Crippen MR) is 155 cm³/mol. The largest absolute Gasteiger partial charge is 0.494 e. The summed E-state index contributed by atoms with van der Waals surface area (Å²) in [6.45, 7) is 7.90. The van der Waals surface area contributed by atoms with E-state index in [0.29, 0.717) is 29.7 Å². The molecule has 0 atom stereocenters. The van der Waals surface area contributed by atoms with Gasteiger partial charge in [0, 0.05) is 53.6 Å². The molecule has 1 amide bonds. The first kappa shape index (κ1) is 28.2. The van der Waals surface area contributed by atoms with E-state index in [2.05, 4.69) is 33.3 Å². The molecule has 38 heavy (non-hydrogen) atoms. The van der Waals surface area contributed by atoms with Gasteiger partial charge in [-0.15, -0.1) is 23.7 Å². The smallest absolute Gasteiger partial charge is 0.348 e. The monoisotopic (exact) mass is 557 g/mol. The Morgan fingerprint density at radius 2 is 1.82 bits per heavy atom.